The molecule has 0 aliphatic heterocycles. The van der Waals surface area contributed by atoms with E-state index in [1.165, 1.54) is 0 Å². The van der Waals surface area contributed by atoms with Gasteiger partial charge >= 0.3 is 0 Å². The maximum absolute atomic E-state index is 12.2. The molecule has 0 amide bonds. The Morgan fingerprint density at radius 2 is 2.23 bits per heavy atom. The van der Waals surface area contributed by atoms with E-state index >= 15 is 0 Å². The van der Waals surface area contributed by atoms with Crippen LogP contribution in [-0.2, 0) is 0 Å². The molecule has 0 aliphatic rings. The SMILES string of the molecule is Nc1c(C(F)F)ncc(Br)c1C=O. The molecule has 1 rings (SSSR count). The molecule has 1 aromatic rings. The third kappa shape index (κ3) is 1.82. The number of alkyl halides is 2. The fourth-order valence-corrected chi connectivity index (χ4v) is 1.24. The van der Waals surface area contributed by atoms with Gasteiger partial charge in [0.2, 0.25) is 0 Å². The second-order valence-corrected chi connectivity index (χ2v) is 3.09. The molecule has 0 aliphatic carbocycles. The van der Waals surface area contributed by atoms with Crippen molar-refractivity contribution in [2.45, 2.75) is 6.43 Å². The summed E-state index contributed by atoms with van der Waals surface area (Å²) in [5.41, 5.74) is 4.45. The lowest BCUT2D eigenvalue weighted by Crippen LogP contribution is -2.03. The first-order valence-corrected chi connectivity index (χ1v) is 4.04. The Morgan fingerprint density at radius 3 is 2.69 bits per heavy atom. The zero-order valence-electron chi connectivity index (χ0n) is 6.30. The Labute approximate surface area is 81.1 Å². The Bertz CT molecular complexity index is 344. The molecule has 13 heavy (non-hydrogen) atoms. The highest BCUT2D eigenvalue weighted by Crippen LogP contribution is 2.28. The lowest BCUT2D eigenvalue weighted by atomic mass is 10.2. The number of nitrogens with two attached hydrogens (primary N) is 1. The molecule has 70 valence electrons. The molecule has 6 heteroatoms. The van der Waals surface area contributed by atoms with Crippen LogP contribution >= 0.6 is 15.9 Å². The number of aromatic nitrogens is 1. The topological polar surface area (TPSA) is 56.0 Å². The van der Waals surface area contributed by atoms with Crippen molar-refractivity contribution in [2.75, 3.05) is 5.73 Å². The number of carbonyl (C=O) groups excluding carboxylic acids is 1. The Balaban J connectivity index is 3.35. The first-order valence-electron chi connectivity index (χ1n) is 3.25. The van der Waals surface area contributed by atoms with Gasteiger partial charge in [-0.15, -0.1) is 0 Å². The summed E-state index contributed by atoms with van der Waals surface area (Å²) in [5, 5.41) is 0. The van der Waals surface area contributed by atoms with Crippen LogP contribution in [-0.4, -0.2) is 11.3 Å². The maximum Gasteiger partial charge on any atom is 0.282 e. The van der Waals surface area contributed by atoms with E-state index in [4.69, 9.17) is 5.73 Å². The molecule has 2 N–H and O–H groups in total. The fraction of sp³-hybridized carbons (Fsp3) is 0.143. The molecule has 0 saturated heterocycles. The number of hydrogen-bond donors (Lipinski definition) is 1. The van der Waals surface area contributed by atoms with Crippen LogP contribution in [0.2, 0.25) is 0 Å². The highest BCUT2D eigenvalue weighted by Gasteiger charge is 2.17. The molecule has 0 fully saturated rings. The maximum atomic E-state index is 12.2. The van der Waals surface area contributed by atoms with Crippen molar-refractivity contribution in [1.82, 2.24) is 4.98 Å². The highest BCUT2D eigenvalue weighted by atomic mass is 79.9. The molecule has 1 heterocycles. The number of nitrogens with zero attached hydrogens (tertiary/aromatic N) is 1. The van der Waals surface area contributed by atoms with E-state index in [2.05, 4.69) is 20.9 Å². The summed E-state index contributed by atoms with van der Waals surface area (Å²) in [6.07, 6.45) is -1.24. The van der Waals surface area contributed by atoms with E-state index in [0.29, 0.717) is 10.8 Å². The smallest absolute Gasteiger partial charge is 0.282 e. The third-order valence-corrected chi connectivity index (χ3v) is 2.10. The minimum absolute atomic E-state index is 0.00491. The van der Waals surface area contributed by atoms with Crippen LogP contribution in [0, 0.1) is 0 Å². The largest absolute Gasteiger partial charge is 0.396 e. The van der Waals surface area contributed by atoms with Crippen LogP contribution in [0.25, 0.3) is 0 Å². The molecule has 0 radical (unpaired) electrons. The zero-order chi connectivity index (χ0) is 10.0. The Kier molecular flexibility index (Phi) is 2.92. The van der Waals surface area contributed by atoms with Crippen LogP contribution < -0.4 is 5.73 Å². The van der Waals surface area contributed by atoms with Gasteiger partial charge in [-0.2, -0.15) is 0 Å². The van der Waals surface area contributed by atoms with Gasteiger partial charge in [-0.1, -0.05) is 0 Å². The third-order valence-electron chi connectivity index (χ3n) is 1.46. The number of halogens is 3. The second kappa shape index (κ2) is 3.78. The number of pyridine rings is 1. The van der Waals surface area contributed by atoms with Crippen molar-refractivity contribution >= 4 is 27.9 Å². The van der Waals surface area contributed by atoms with Crippen molar-refractivity contribution in [3.05, 3.63) is 21.9 Å². The standard InChI is InChI=1S/C7H5BrF2N2O/c8-4-1-12-6(7(9)10)5(11)3(4)2-13/h1-2,7H,11H2. The van der Waals surface area contributed by atoms with Gasteiger partial charge in [0.25, 0.3) is 6.43 Å². The second-order valence-electron chi connectivity index (χ2n) is 2.24. The van der Waals surface area contributed by atoms with Gasteiger partial charge in [-0.05, 0) is 15.9 Å². The van der Waals surface area contributed by atoms with Crippen molar-refractivity contribution in [3.63, 3.8) is 0 Å². The van der Waals surface area contributed by atoms with Gasteiger partial charge in [0.05, 0.1) is 11.3 Å². The van der Waals surface area contributed by atoms with Crippen molar-refractivity contribution in [3.8, 4) is 0 Å². The molecular formula is C7H5BrF2N2O. The normalized spacial score (nSPS) is 10.5. The van der Waals surface area contributed by atoms with Gasteiger partial charge in [0, 0.05) is 10.7 Å². The predicted octanol–water partition coefficient (Wildman–Crippen LogP) is 2.18. The Hall–Kier alpha value is -1.04. The molecular weight excluding hydrogens is 246 g/mol. The number of aldehydes is 1. The molecule has 1 aromatic heterocycles. The average molecular weight is 251 g/mol. The van der Waals surface area contributed by atoms with E-state index in [0.717, 1.165) is 6.20 Å². The number of hydrogen-bond acceptors (Lipinski definition) is 3. The van der Waals surface area contributed by atoms with Crippen molar-refractivity contribution in [1.29, 1.82) is 0 Å². The van der Waals surface area contributed by atoms with E-state index in [-0.39, 0.29) is 11.3 Å². The Morgan fingerprint density at radius 1 is 1.62 bits per heavy atom. The number of carbonyl (C=O) groups is 1. The molecule has 0 aromatic carbocycles. The van der Waals surface area contributed by atoms with E-state index in [1.54, 1.807) is 0 Å². The van der Waals surface area contributed by atoms with Crippen LogP contribution in [0.1, 0.15) is 22.5 Å². The van der Waals surface area contributed by atoms with Crippen LogP contribution in [0.15, 0.2) is 10.7 Å². The van der Waals surface area contributed by atoms with Crippen LogP contribution in [0.3, 0.4) is 0 Å². The van der Waals surface area contributed by atoms with Gasteiger partial charge in [0.15, 0.2) is 6.29 Å². The summed E-state index contributed by atoms with van der Waals surface area (Å²) in [6, 6.07) is 0. The highest BCUT2D eigenvalue weighted by molar-refractivity contribution is 9.10. The minimum Gasteiger partial charge on any atom is -0.396 e. The van der Waals surface area contributed by atoms with E-state index in [9.17, 15) is 13.6 Å². The van der Waals surface area contributed by atoms with Crippen molar-refractivity contribution in [2.24, 2.45) is 0 Å². The lowest BCUT2D eigenvalue weighted by molar-refractivity contribution is 0.112. The summed E-state index contributed by atoms with van der Waals surface area (Å²) in [4.78, 5) is 13.8. The van der Waals surface area contributed by atoms with Gasteiger partial charge in [0.1, 0.15) is 5.69 Å². The van der Waals surface area contributed by atoms with Crippen LogP contribution in [0.5, 0.6) is 0 Å². The predicted molar refractivity (Wildman–Crippen MR) is 46.7 cm³/mol. The van der Waals surface area contributed by atoms with E-state index in [1.807, 2.05) is 0 Å². The van der Waals surface area contributed by atoms with Crippen LogP contribution in [0.4, 0.5) is 14.5 Å². The molecule has 0 unspecified atom stereocenters. The molecule has 0 saturated carbocycles. The number of nitrogen functional groups attached to an aromatic ring is 1. The molecule has 3 nitrogen and oxygen atoms in total. The van der Waals surface area contributed by atoms with E-state index < -0.39 is 12.1 Å². The fourth-order valence-electron chi connectivity index (χ4n) is 0.826. The monoisotopic (exact) mass is 250 g/mol. The summed E-state index contributed by atoms with van der Waals surface area (Å²) >= 11 is 2.97. The first kappa shape index (κ1) is 10.0. The van der Waals surface area contributed by atoms with Gasteiger partial charge in [-0.25, -0.2) is 8.78 Å². The number of anilines is 1. The summed E-state index contributed by atoms with van der Waals surface area (Å²) in [6.45, 7) is 0. The summed E-state index contributed by atoms with van der Waals surface area (Å²) < 4.78 is 24.7. The quantitative estimate of drug-likeness (QED) is 0.819. The van der Waals surface area contributed by atoms with Gasteiger partial charge in [-0.3, -0.25) is 9.78 Å². The molecule has 0 atom stereocenters. The summed E-state index contributed by atoms with van der Waals surface area (Å²) in [7, 11) is 0. The number of rotatable bonds is 2. The zero-order valence-corrected chi connectivity index (χ0v) is 7.88. The average Bonchev–Trinajstić information content (AvgIpc) is 2.04. The van der Waals surface area contributed by atoms with Crippen molar-refractivity contribution < 1.29 is 13.6 Å². The molecule has 0 spiro atoms. The lowest BCUT2D eigenvalue weighted by Gasteiger charge is -2.06. The minimum atomic E-state index is -2.77. The van der Waals surface area contributed by atoms with Gasteiger partial charge < -0.3 is 5.73 Å². The summed E-state index contributed by atoms with van der Waals surface area (Å²) in [5.74, 6) is 0. The first-order chi connectivity index (χ1) is 6.07. The molecule has 0 bridgehead atoms.